The summed E-state index contributed by atoms with van der Waals surface area (Å²) in [7, 11) is 0. The molecule has 1 heterocycles. The van der Waals surface area contributed by atoms with E-state index in [4.69, 9.17) is 16.0 Å². The van der Waals surface area contributed by atoms with Gasteiger partial charge in [0.15, 0.2) is 5.22 Å². The second-order valence-electron chi connectivity index (χ2n) is 4.56. The van der Waals surface area contributed by atoms with Gasteiger partial charge in [0.05, 0.1) is 0 Å². The number of aliphatic hydroxyl groups excluding tert-OH is 1. The quantitative estimate of drug-likeness (QED) is 0.746. The highest BCUT2D eigenvalue weighted by Crippen LogP contribution is 2.33. The standard InChI is InChI=1S/C16H13ClO2/c1-10-6-7-11-4-2-3-5-12(11)15(10)16(18)13-8-9-14(17)19-13/h2-9,16,18H,1H3. The van der Waals surface area contributed by atoms with Crippen molar-refractivity contribution < 1.29 is 9.52 Å². The van der Waals surface area contributed by atoms with Crippen molar-refractivity contribution in [2.75, 3.05) is 0 Å². The van der Waals surface area contributed by atoms with Crippen LogP contribution in [0.15, 0.2) is 52.9 Å². The minimum absolute atomic E-state index is 0.284. The Morgan fingerprint density at radius 3 is 2.58 bits per heavy atom. The van der Waals surface area contributed by atoms with Crippen LogP contribution in [-0.4, -0.2) is 5.11 Å². The van der Waals surface area contributed by atoms with Crippen molar-refractivity contribution in [1.29, 1.82) is 0 Å². The molecule has 0 aliphatic carbocycles. The molecule has 1 atom stereocenters. The second-order valence-corrected chi connectivity index (χ2v) is 4.93. The van der Waals surface area contributed by atoms with Crippen LogP contribution in [-0.2, 0) is 0 Å². The van der Waals surface area contributed by atoms with Gasteiger partial charge in [-0.15, -0.1) is 0 Å². The molecule has 2 aromatic carbocycles. The molecule has 3 heteroatoms. The fourth-order valence-electron chi connectivity index (χ4n) is 2.39. The van der Waals surface area contributed by atoms with E-state index >= 15 is 0 Å². The van der Waals surface area contributed by atoms with E-state index in [1.54, 1.807) is 12.1 Å². The summed E-state index contributed by atoms with van der Waals surface area (Å²) in [5.74, 6) is 0.462. The van der Waals surface area contributed by atoms with Gasteiger partial charge in [0, 0.05) is 0 Å². The van der Waals surface area contributed by atoms with Crippen molar-refractivity contribution in [2.45, 2.75) is 13.0 Å². The molecular weight excluding hydrogens is 260 g/mol. The van der Waals surface area contributed by atoms with Crippen LogP contribution >= 0.6 is 11.6 Å². The van der Waals surface area contributed by atoms with Gasteiger partial charge in [0.25, 0.3) is 0 Å². The summed E-state index contributed by atoms with van der Waals surface area (Å²) < 4.78 is 5.32. The molecule has 1 N–H and O–H groups in total. The minimum Gasteiger partial charge on any atom is -0.447 e. The Morgan fingerprint density at radius 1 is 1.05 bits per heavy atom. The Balaban J connectivity index is 2.21. The highest BCUT2D eigenvalue weighted by molar-refractivity contribution is 6.28. The van der Waals surface area contributed by atoms with Crippen molar-refractivity contribution in [2.24, 2.45) is 0 Å². The molecule has 0 radical (unpaired) electrons. The number of aryl methyl sites for hydroxylation is 1. The molecule has 1 aromatic heterocycles. The number of halogens is 1. The van der Waals surface area contributed by atoms with Crippen LogP contribution in [0, 0.1) is 6.92 Å². The van der Waals surface area contributed by atoms with Crippen molar-refractivity contribution in [1.82, 2.24) is 0 Å². The molecule has 1 unspecified atom stereocenters. The molecule has 3 rings (SSSR count). The minimum atomic E-state index is -0.807. The number of fused-ring (bicyclic) bond motifs is 1. The fraction of sp³-hybridized carbons (Fsp3) is 0.125. The number of hydrogen-bond acceptors (Lipinski definition) is 2. The van der Waals surface area contributed by atoms with Crippen LogP contribution in [0.4, 0.5) is 0 Å². The third-order valence-electron chi connectivity index (χ3n) is 3.33. The summed E-state index contributed by atoms with van der Waals surface area (Å²) in [5.41, 5.74) is 1.89. The van der Waals surface area contributed by atoms with Crippen LogP contribution in [0.3, 0.4) is 0 Å². The molecule has 0 bridgehead atoms. The highest BCUT2D eigenvalue weighted by atomic mass is 35.5. The monoisotopic (exact) mass is 272 g/mol. The van der Waals surface area contributed by atoms with E-state index in [1.165, 1.54) is 0 Å². The van der Waals surface area contributed by atoms with Gasteiger partial charge in [-0.2, -0.15) is 0 Å². The zero-order valence-electron chi connectivity index (χ0n) is 10.4. The van der Waals surface area contributed by atoms with Crippen LogP contribution < -0.4 is 0 Å². The Hall–Kier alpha value is -1.77. The van der Waals surface area contributed by atoms with E-state index < -0.39 is 6.10 Å². The summed E-state index contributed by atoms with van der Waals surface area (Å²) in [5, 5.41) is 12.9. The summed E-state index contributed by atoms with van der Waals surface area (Å²) >= 11 is 5.77. The Kier molecular flexibility index (Phi) is 3.05. The van der Waals surface area contributed by atoms with Gasteiger partial charge in [0.2, 0.25) is 0 Å². The van der Waals surface area contributed by atoms with Crippen molar-refractivity contribution in [3.63, 3.8) is 0 Å². The summed E-state index contributed by atoms with van der Waals surface area (Å²) in [6.07, 6.45) is -0.807. The average molecular weight is 273 g/mol. The summed E-state index contributed by atoms with van der Waals surface area (Å²) in [6.45, 7) is 1.98. The molecule has 0 saturated carbocycles. The maximum Gasteiger partial charge on any atom is 0.193 e. The number of rotatable bonds is 2. The van der Waals surface area contributed by atoms with Gasteiger partial charge >= 0.3 is 0 Å². The van der Waals surface area contributed by atoms with Gasteiger partial charge < -0.3 is 9.52 Å². The molecule has 0 spiro atoms. The molecule has 3 aromatic rings. The van der Waals surface area contributed by atoms with E-state index in [-0.39, 0.29) is 5.22 Å². The van der Waals surface area contributed by atoms with Gasteiger partial charge in [-0.05, 0) is 52.6 Å². The predicted octanol–water partition coefficient (Wildman–Crippen LogP) is 4.48. The van der Waals surface area contributed by atoms with Gasteiger partial charge in [-0.3, -0.25) is 0 Å². The van der Waals surface area contributed by atoms with Crippen molar-refractivity contribution in [3.8, 4) is 0 Å². The average Bonchev–Trinajstić information content (AvgIpc) is 2.85. The zero-order valence-corrected chi connectivity index (χ0v) is 11.2. The first-order valence-corrected chi connectivity index (χ1v) is 6.46. The lowest BCUT2D eigenvalue weighted by Crippen LogP contribution is -2.01. The van der Waals surface area contributed by atoms with E-state index in [0.717, 1.165) is 21.9 Å². The first-order valence-electron chi connectivity index (χ1n) is 6.08. The van der Waals surface area contributed by atoms with Gasteiger partial charge in [-0.25, -0.2) is 0 Å². The SMILES string of the molecule is Cc1ccc2ccccc2c1C(O)c1ccc(Cl)o1. The third kappa shape index (κ3) is 2.14. The number of aliphatic hydroxyl groups is 1. The van der Waals surface area contributed by atoms with Crippen molar-refractivity contribution in [3.05, 3.63) is 70.6 Å². The van der Waals surface area contributed by atoms with E-state index in [2.05, 4.69) is 6.07 Å². The van der Waals surface area contributed by atoms with Crippen LogP contribution in [0.1, 0.15) is 23.0 Å². The largest absolute Gasteiger partial charge is 0.447 e. The molecule has 19 heavy (non-hydrogen) atoms. The Morgan fingerprint density at radius 2 is 1.84 bits per heavy atom. The maximum absolute atomic E-state index is 10.5. The van der Waals surface area contributed by atoms with Gasteiger partial charge in [0.1, 0.15) is 11.9 Å². The van der Waals surface area contributed by atoms with Crippen LogP contribution in [0.5, 0.6) is 0 Å². The van der Waals surface area contributed by atoms with E-state index in [9.17, 15) is 5.11 Å². The molecule has 2 nitrogen and oxygen atoms in total. The van der Waals surface area contributed by atoms with E-state index in [1.807, 2.05) is 37.3 Å². The van der Waals surface area contributed by atoms with Crippen LogP contribution in [0.25, 0.3) is 10.8 Å². The lowest BCUT2D eigenvalue weighted by Gasteiger charge is -2.14. The Labute approximate surface area is 116 Å². The molecule has 96 valence electrons. The number of furan rings is 1. The Bertz CT molecular complexity index is 730. The molecule has 0 fully saturated rings. The fourth-order valence-corrected chi connectivity index (χ4v) is 2.54. The summed E-state index contributed by atoms with van der Waals surface area (Å²) in [6, 6.07) is 15.4. The molecule has 0 aliphatic heterocycles. The van der Waals surface area contributed by atoms with Gasteiger partial charge in [-0.1, -0.05) is 36.4 Å². The third-order valence-corrected chi connectivity index (χ3v) is 3.53. The molecule has 0 saturated heterocycles. The lowest BCUT2D eigenvalue weighted by atomic mass is 9.94. The predicted molar refractivity (Wildman–Crippen MR) is 76.5 cm³/mol. The molecular formula is C16H13ClO2. The number of hydrogen-bond donors (Lipinski definition) is 1. The topological polar surface area (TPSA) is 33.4 Å². The smallest absolute Gasteiger partial charge is 0.193 e. The number of benzene rings is 2. The first-order chi connectivity index (χ1) is 9.16. The van der Waals surface area contributed by atoms with Crippen molar-refractivity contribution >= 4 is 22.4 Å². The van der Waals surface area contributed by atoms with Crippen LogP contribution in [0.2, 0.25) is 5.22 Å². The molecule has 0 amide bonds. The second kappa shape index (κ2) is 4.72. The summed E-state index contributed by atoms with van der Waals surface area (Å²) in [4.78, 5) is 0. The first kappa shape index (κ1) is 12.3. The maximum atomic E-state index is 10.5. The normalized spacial score (nSPS) is 12.8. The highest BCUT2D eigenvalue weighted by Gasteiger charge is 2.19. The molecule has 0 aliphatic rings. The zero-order chi connectivity index (χ0) is 13.4. The van der Waals surface area contributed by atoms with E-state index in [0.29, 0.717) is 5.76 Å². The lowest BCUT2D eigenvalue weighted by molar-refractivity contribution is 0.190.